The van der Waals surface area contributed by atoms with Crippen molar-refractivity contribution in [3.05, 3.63) is 40.7 Å². The van der Waals surface area contributed by atoms with Gasteiger partial charge in [0.15, 0.2) is 0 Å². The van der Waals surface area contributed by atoms with Crippen molar-refractivity contribution in [2.45, 2.75) is 24.0 Å². The van der Waals surface area contributed by atoms with Crippen LogP contribution in [0.1, 0.15) is 24.3 Å². The Labute approximate surface area is 105 Å². The lowest BCUT2D eigenvalue weighted by molar-refractivity contribution is 0.678. The zero-order valence-corrected chi connectivity index (χ0v) is 10.2. The van der Waals surface area contributed by atoms with Gasteiger partial charge in [0.1, 0.15) is 0 Å². The Morgan fingerprint density at radius 3 is 2.88 bits per heavy atom. The van der Waals surface area contributed by atoms with Crippen LogP contribution in [-0.2, 0) is 0 Å². The quantitative estimate of drug-likeness (QED) is 0.866. The lowest BCUT2D eigenvalue weighted by Crippen LogP contribution is -2.15. The van der Waals surface area contributed by atoms with Gasteiger partial charge in [-0.2, -0.15) is 5.26 Å². The predicted octanol–water partition coefficient (Wildman–Crippen LogP) is 2.38. The fourth-order valence-corrected chi connectivity index (χ4v) is 3.92. The van der Waals surface area contributed by atoms with Gasteiger partial charge in [-0.25, -0.2) is 0 Å². The van der Waals surface area contributed by atoms with Gasteiger partial charge < -0.3 is 5.73 Å². The Kier molecular flexibility index (Phi) is 2.56. The fraction of sp³-hybridized carbons (Fsp3) is 0.385. The van der Waals surface area contributed by atoms with Crippen molar-refractivity contribution in [3.8, 4) is 6.07 Å². The molecule has 86 valence electrons. The summed E-state index contributed by atoms with van der Waals surface area (Å²) in [4.78, 5) is 4.16. The molecule has 0 saturated heterocycles. The molecule has 2 atom stereocenters. The molecule has 3 rings (SSSR count). The van der Waals surface area contributed by atoms with E-state index < -0.39 is 0 Å². The average molecular weight is 243 g/mol. The number of nitriles is 1. The second-order valence-corrected chi connectivity index (χ2v) is 5.79. The van der Waals surface area contributed by atoms with Gasteiger partial charge in [-0.3, -0.25) is 4.98 Å². The molecule has 1 fully saturated rings. The Balaban J connectivity index is 2.00. The summed E-state index contributed by atoms with van der Waals surface area (Å²) in [6, 6.07) is 6.25. The molecule has 1 aliphatic heterocycles. The maximum Gasteiger partial charge on any atom is 0.0981 e. The van der Waals surface area contributed by atoms with Crippen LogP contribution in [0, 0.1) is 17.2 Å². The van der Waals surface area contributed by atoms with Crippen LogP contribution in [-0.4, -0.2) is 10.2 Å². The van der Waals surface area contributed by atoms with Crippen molar-refractivity contribution < 1.29 is 0 Å². The Morgan fingerprint density at radius 2 is 2.29 bits per heavy atom. The van der Waals surface area contributed by atoms with E-state index >= 15 is 0 Å². The highest BCUT2D eigenvalue weighted by Crippen LogP contribution is 2.54. The second-order valence-electron chi connectivity index (χ2n) is 4.57. The predicted molar refractivity (Wildman–Crippen MR) is 67.9 cm³/mol. The van der Waals surface area contributed by atoms with Crippen molar-refractivity contribution in [1.82, 2.24) is 4.98 Å². The summed E-state index contributed by atoms with van der Waals surface area (Å²) in [6.45, 7) is 0. The minimum absolute atomic E-state index is 0.145. The number of hydrogen-bond acceptors (Lipinski definition) is 4. The molecular formula is C13H13N3S. The molecule has 3 nitrogen and oxygen atoms in total. The van der Waals surface area contributed by atoms with Crippen molar-refractivity contribution in [3.63, 3.8) is 0 Å². The van der Waals surface area contributed by atoms with Crippen molar-refractivity contribution >= 4 is 11.8 Å². The van der Waals surface area contributed by atoms with Gasteiger partial charge in [-0.05, 0) is 30.4 Å². The van der Waals surface area contributed by atoms with Crippen molar-refractivity contribution in [1.29, 1.82) is 5.26 Å². The summed E-state index contributed by atoms with van der Waals surface area (Å²) in [5, 5.41) is 10.4. The molecule has 4 heteroatoms. The largest absolute Gasteiger partial charge is 0.393 e. The number of pyridine rings is 1. The molecule has 17 heavy (non-hydrogen) atoms. The number of rotatable bonds is 2. The Morgan fingerprint density at radius 1 is 1.47 bits per heavy atom. The maximum atomic E-state index is 9.27. The highest BCUT2D eigenvalue weighted by Gasteiger charge is 2.44. The van der Waals surface area contributed by atoms with Gasteiger partial charge >= 0.3 is 0 Å². The van der Waals surface area contributed by atoms with E-state index in [9.17, 15) is 5.26 Å². The van der Waals surface area contributed by atoms with Crippen LogP contribution in [0.4, 0.5) is 0 Å². The first kappa shape index (κ1) is 10.7. The molecule has 0 aromatic carbocycles. The third-order valence-electron chi connectivity index (χ3n) is 3.42. The fourth-order valence-electron chi connectivity index (χ4n) is 2.43. The normalized spacial score (nSPS) is 28.2. The van der Waals surface area contributed by atoms with E-state index in [4.69, 9.17) is 5.73 Å². The summed E-state index contributed by atoms with van der Waals surface area (Å²) in [5.74, 6) is 0.862. The molecule has 1 saturated carbocycles. The third kappa shape index (κ3) is 1.81. The lowest BCUT2D eigenvalue weighted by Gasteiger charge is -2.18. The first-order valence-electron chi connectivity index (χ1n) is 5.77. The van der Waals surface area contributed by atoms with Gasteiger partial charge in [0.25, 0.3) is 0 Å². The average Bonchev–Trinajstić information content (AvgIpc) is 3.14. The summed E-state index contributed by atoms with van der Waals surface area (Å²) in [6.07, 6.45) is 6.15. The van der Waals surface area contributed by atoms with Gasteiger partial charge in [-0.1, -0.05) is 6.07 Å². The van der Waals surface area contributed by atoms with Crippen molar-refractivity contribution in [2.24, 2.45) is 11.7 Å². The molecule has 0 bridgehead atoms. The molecular weight excluding hydrogens is 230 g/mol. The minimum Gasteiger partial charge on any atom is -0.393 e. The molecule has 1 aliphatic carbocycles. The van der Waals surface area contributed by atoms with Crippen LogP contribution < -0.4 is 5.73 Å². The summed E-state index contributed by atoms with van der Waals surface area (Å²) >= 11 is 1.68. The summed E-state index contributed by atoms with van der Waals surface area (Å²) in [7, 11) is 0. The van der Waals surface area contributed by atoms with E-state index in [2.05, 4.69) is 11.1 Å². The second kappa shape index (κ2) is 4.08. The van der Waals surface area contributed by atoms with Gasteiger partial charge in [-0.15, -0.1) is 11.8 Å². The lowest BCUT2D eigenvalue weighted by atomic mass is 9.88. The van der Waals surface area contributed by atoms with Gasteiger partial charge in [0.05, 0.1) is 16.7 Å². The van der Waals surface area contributed by atoms with E-state index in [1.54, 1.807) is 18.0 Å². The number of thioether (sulfide) groups is 1. The summed E-state index contributed by atoms with van der Waals surface area (Å²) in [5.41, 5.74) is 7.83. The summed E-state index contributed by atoms with van der Waals surface area (Å²) < 4.78 is 0. The van der Waals surface area contributed by atoms with E-state index in [0.29, 0.717) is 10.3 Å². The van der Waals surface area contributed by atoms with Crippen LogP contribution in [0.25, 0.3) is 0 Å². The van der Waals surface area contributed by atoms with Crippen LogP contribution >= 0.6 is 11.8 Å². The Hall–Kier alpha value is -1.47. The van der Waals surface area contributed by atoms with Gasteiger partial charge in [0.2, 0.25) is 0 Å². The molecule has 2 heterocycles. The monoisotopic (exact) mass is 243 g/mol. The molecule has 1 aromatic heterocycles. The molecule has 2 N–H and O–H groups in total. The molecule has 1 aromatic rings. The molecule has 0 spiro atoms. The van der Waals surface area contributed by atoms with Crippen LogP contribution in [0.3, 0.4) is 0 Å². The standard InChI is InChI=1S/C13H13N3S/c14-6-10-11(9-2-1-5-16-7-9)12(8-3-4-8)17-13(10)15/h1-2,5,7-8,11-12H,3-4,15H2/t11-,12-/m1/s1. The minimum atomic E-state index is 0.145. The molecule has 0 unspecified atom stereocenters. The smallest absolute Gasteiger partial charge is 0.0981 e. The van der Waals surface area contributed by atoms with E-state index in [-0.39, 0.29) is 5.92 Å². The first-order valence-corrected chi connectivity index (χ1v) is 6.65. The van der Waals surface area contributed by atoms with Crippen LogP contribution in [0.2, 0.25) is 0 Å². The van der Waals surface area contributed by atoms with E-state index in [0.717, 1.165) is 17.1 Å². The highest BCUT2D eigenvalue weighted by atomic mass is 32.2. The number of nitrogens with two attached hydrogens (primary N) is 1. The van der Waals surface area contributed by atoms with E-state index in [1.807, 2.05) is 18.3 Å². The molecule has 0 radical (unpaired) electrons. The van der Waals surface area contributed by atoms with Crippen LogP contribution in [0.15, 0.2) is 35.1 Å². The van der Waals surface area contributed by atoms with Gasteiger partial charge in [0, 0.05) is 23.6 Å². The zero-order valence-electron chi connectivity index (χ0n) is 9.34. The zero-order chi connectivity index (χ0) is 11.8. The SMILES string of the molecule is N#CC1=C(N)S[C@H](C2CC2)[C@@H]1c1cccnc1. The maximum absolute atomic E-state index is 9.27. The Bertz CT molecular complexity index is 499. The number of hydrogen-bond donors (Lipinski definition) is 1. The van der Waals surface area contributed by atoms with E-state index in [1.165, 1.54) is 12.8 Å². The number of nitrogens with zero attached hydrogens (tertiary/aromatic N) is 2. The van der Waals surface area contributed by atoms with Crippen LogP contribution in [0.5, 0.6) is 0 Å². The number of allylic oxidation sites excluding steroid dienone is 1. The third-order valence-corrected chi connectivity index (χ3v) is 4.82. The topological polar surface area (TPSA) is 62.7 Å². The first-order chi connectivity index (χ1) is 8.31. The molecule has 0 amide bonds. The number of aromatic nitrogens is 1. The molecule has 2 aliphatic rings. The highest BCUT2D eigenvalue weighted by molar-refractivity contribution is 8.04. The van der Waals surface area contributed by atoms with Crippen molar-refractivity contribution in [2.75, 3.05) is 0 Å².